The Morgan fingerprint density at radius 3 is 2.79 bits per heavy atom. The average molecular weight is 197 g/mol. The summed E-state index contributed by atoms with van der Waals surface area (Å²) in [4.78, 5) is 0. The van der Waals surface area contributed by atoms with Gasteiger partial charge in [0.15, 0.2) is 0 Å². The Labute approximate surface area is 87.4 Å². The van der Waals surface area contributed by atoms with E-state index in [4.69, 9.17) is 4.74 Å². The van der Waals surface area contributed by atoms with Crippen molar-refractivity contribution < 1.29 is 4.74 Å². The molecular formula is C12H23NO. The van der Waals surface area contributed by atoms with Gasteiger partial charge in [0.1, 0.15) is 0 Å². The molecule has 0 saturated heterocycles. The minimum atomic E-state index is 0.554. The van der Waals surface area contributed by atoms with Crippen LogP contribution in [-0.2, 0) is 4.74 Å². The van der Waals surface area contributed by atoms with Crippen LogP contribution in [0.1, 0.15) is 45.4 Å². The molecule has 0 bridgehead atoms. The molecule has 2 aliphatic carbocycles. The van der Waals surface area contributed by atoms with Crippen molar-refractivity contribution in [1.29, 1.82) is 0 Å². The second-order valence-corrected chi connectivity index (χ2v) is 4.79. The van der Waals surface area contributed by atoms with Crippen LogP contribution in [0.4, 0.5) is 0 Å². The Morgan fingerprint density at radius 2 is 2.07 bits per heavy atom. The molecule has 82 valence electrons. The first-order valence-corrected chi connectivity index (χ1v) is 6.23. The van der Waals surface area contributed by atoms with Gasteiger partial charge < -0.3 is 10.1 Å². The standard InChI is InChI=1S/C12H23NO/c1-2-13-11-5-6-12(9-11)14-8-7-10-3-4-10/h10-13H,2-9H2,1H3. The van der Waals surface area contributed by atoms with Crippen molar-refractivity contribution in [3.8, 4) is 0 Å². The predicted octanol–water partition coefficient (Wildman–Crippen LogP) is 2.33. The molecule has 0 amide bonds. The maximum Gasteiger partial charge on any atom is 0.0590 e. The van der Waals surface area contributed by atoms with E-state index < -0.39 is 0 Å². The van der Waals surface area contributed by atoms with E-state index in [0.29, 0.717) is 6.10 Å². The quantitative estimate of drug-likeness (QED) is 0.705. The zero-order valence-corrected chi connectivity index (χ0v) is 9.30. The lowest BCUT2D eigenvalue weighted by Gasteiger charge is -2.12. The highest BCUT2D eigenvalue weighted by Gasteiger charge is 2.25. The molecule has 2 aliphatic rings. The lowest BCUT2D eigenvalue weighted by Crippen LogP contribution is -2.26. The van der Waals surface area contributed by atoms with Crippen LogP contribution in [0.25, 0.3) is 0 Å². The largest absolute Gasteiger partial charge is 0.378 e. The van der Waals surface area contributed by atoms with Crippen LogP contribution < -0.4 is 5.32 Å². The first-order chi connectivity index (χ1) is 6.88. The fourth-order valence-corrected chi connectivity index (χ4v) is 2.37. The maximum absolute atomic E-state index is 5.89. The molecule has 1 N–H and O–H groups in total. The number of hydrogen-bond donors (Lipinski definition) is 1. The normalized spacial score (nSPS) is 32.4. The Kier molecular flexibility index (Phi) is 3.82. The van der Waals surface area contributed by atoms with Crippen LogP contribution in [0.3, 0.4) is 0 Å². The fourth-order valence-electron chi connectivity index (χ4n) is 2.37. The van der Waals surface area contributed by atoms with E-state index in [-0.39, 0.29) is 0 Å². The van der Waals surface area contributed by atoms with Gasteiger partial charge in [0.05, 0.1) is 6.10 Å². The van der Waals surface area contributed by atoms with Gasteiger partial charge >= 0.3 is 0 Å². The molecule has 0 aromatic heterocycles. The molecule has 0 heterocycles. The predicted molar refractivity (Wildman–Crippen MR) is 58.4 cm³/mol. The van der Waals surface area contributed by atoms with Crippen LogP contribution in [-0.4, -0.2) is 25.3 Å². The summed E-state index contributed by atoms with van der Waals surface area (Å²) in [7, 11) is 0. The minimum absolute atomic E-state index is 0.554. The Bertz CT molecular complexity index is 168. The summed E-state index contributed by atoms with van der Waals surface area (Å²) in [5, 5.41) is 3.51. The summed E-state index contributed by atoms with van der Waals surface area (Å²) in [6, 6.07) is 0.728. The summed E-state index contributed by atoms with van der Waals surface area (Å²) < 4.78 is 5.89. The van der Waals surface area contributed by atoms with Gasteiger partial charge in [-0.3, -0.25) is 0 Å². The smallest absolute Gasteiger partial charge is 0.0590 e. The summed E-state index contributed by atoms with van der Waals surface area (Å²) in [6.07, 6.45) is 8.57. The molecule has 2 heteroatoms. The van der Waals surface area contributed by atoms with E-state index >= 15 is 0 Å². The van der Waals surface area contributed by atoms with Gasteiger partial charge in [0.25, 0.3) is 0 Å². The van der Waals surface area contributed by atoms with Gasteiger partial charge in [0, 0.05) is 12.6 Å². The van der Waals surface area contributed by atoms with E-state index in [1.54, 1.807) is 0 Å². The van der Waals surface area contributed by atoms with E-state index in [1.165, 1.54) is 38.5 Å². The summed E-state index contributed by atoms with van der Waals surface area (Å²) in [5.41, 5.74) is 0. The molecule has 14 heavy (non-hydrogen) atoms. The van der Waals surface area contributed by atoms with Crippen molar-refractivity contribution in [3.63, 3.8) is 0 Å². The van der Waals surface area contributed by atoms with Crippen molar-refractivity contribution in [3.05, 3.63) is 0 Å². The molecule has 2 atom stereocenters. The van der Waals surface area contributed by atoms with Crippen molar-refractivity contribution in [2.75, 3.05) is 13.2 Å². The fraction of sp³-hybridized carbons (Fsp3) is 1.00. The van der Waals surface area contributed by atoms with Crippen molar-refractivity contribution in [2.24, 2.45) is 5.92 Å². The third-order valence-electron chi connectivity index (χ3n) is 3.45. The highest BCUT2D eigenvalue weighted by Crippen LogP contribution is 2.32. The Hall–Kier alpha value is -0.0800. The molecule has 2 rings (SSSR count). The highest BCUT2D eigenvalue weighted by molar-refractivity contribution is 4.81. The third kappa shape index (κ3) is 3.25. The Balaban J connectivity index is 1.53. The van der Waals surface area contributed by atoms with Crippen LogP contribution >= 0.6 is 0 Å². The van der Waals surface area contributed by atoms with Gasteiger partial charge in [-0.2, -0.15) is 0 Å². The van der Waals surface area contributed by atoms with E-state index in [9.17, 15) is 0 Å². The number of ether oxygens (including phenoxy) is 1. The SMILES string of the molecule is CCNC1CCC(OCCC2CC2)C1. The summed E-state index contributed by atoms with van der Waals surface area (Å²) in [5.74, 6) is 1.01. The topological polar surface area (TPSA) is 21.3 Å². The van der Waals surface area contributed by atoms with Crippen molar-refractivity contribution >= 4 is 0 Å². The molecule has 0 spiro atoms. The van der Waals surface area contributed by atoms with Crippen molar-refractivity contribution in [1.82, 2.24) is 5.32 Å². The van der Waals surface area contributed by atoms with E-state index in [0.717, 1.165) is 25.1 Å². The summed E-state index contributed by atoms with van der Waals surface area (Å²) >= 11 is 0. The van der Waals surface area contributed by atoms with Crippen LogP contribution in [0.2, 0.25) is 0 Å². The monoisotopic (exact) mass is 197 g/mol. The van der Waals surface area contributed by atoms with Gasteiger partial charge in [-0.05, 0) is 38.1 Å². The molecule has 0 aliphatic heterocycles. The summed E-state index contributed by atoms with van der Waals surface area (Å²) in [6.45, 7) is 4.29. The van der Waals surface area contributed by atoms with Gasteiger partial charge in [0.2, 0.25) is 0 Å². The number of nitrogens with one attached hydrogen (secondary N) is 1. The zero-order valence-electron chi connectivity index (χ0n) is 9.30. The molecule has 2 unspecified atom stereocenters. The van der Waals surface area contributed by atoms with Crippen molar-refractivity contribution in [2.45, 2.75) is 57.6 Å². The van der Waals surface area contributed by atoms with Gasteiger partial charge in [-0.1, -0.05) is 19.8 Å². The maximum atomic E-state index is 5.89. The molecule has 2 saturated carbocycles. The molecule has 0 radical (unpaired) electrons. The molecule has 2 fully saturated rings. The van der Waals surface area contributed by atoms with Crippen LogP contribution in [0.15, 0.2) is 0 Å². The molecule has 0 aromatic rings. The van der Waals surface area contributed by atoms with E-state index in [2.05, 4.69) is 12.2 Å². The zero-order chi connectivity index (χ0) is 9.80. The highest BCUT2D eigenvalue weighted by atomic mass is 16.5. The number of rotatable bonds is 6. The second kappa shape index (κ2) is 5.13. The van der Waals surface area contributed by atoms with Crippen LogP contribution in [0.5, 0.6) is 0 Å². The lowest BCUT2D eigenvalue weighted by atomic mass is 10.2. The van der Waals surface area contributed by atoms with E-state index in [1.807, 2.05) is 0 Å². The Morgan fingerprint density at radius 1 is 1.21 bits per heavy atom. The molecule has 2 nitrogen and oxygen atoms in total. The third-order valence-corrected chi connectivity index (χ3v) is 3.45. The van der Waals surface area contributed by atoms with Gasteiger partial charge in [-0.15, -0.1) is 0 Å². The minimum Gasteiger partial charge on any atom is -0.378 e. The molecular weight excluding hydrogens is 174 g/mol. The first kappa shape index (κ1) is 10.4. The van der Waals surface area contributed by atoms with Crippen LogP contribution in [0, 0.1) is 5.92 Å². The average Bonchev–Trinajstić information content (AvgIpc) is 2.88. The first-order valence-electron chi connectivity index (χ1n) is 6.23. The second-order valence-electron chi connectivity index (χ2n) is 4.79. The number of hydrogen-bond acceptors (Lipinski definition) is 2. The molecule has 0 aromatic carbocycles. The van der Waals surface area contributed by atoms with Gasteiger partial charge in [-0.25, -0.2) is 0 Å². The lowest BCUT2D eigenvalue weighted by molar-refractivity contribution is 0.0528.